The van der Waals surface area contributed by atoms with E-state index in [0.29, 0.717) is 11.6 Å². The minimum absolute atomic E-state index is 0.0791. The van der Waals surface area contributed by atoms with Crippen molar-refractivity contribution < 1.29 is 0 Å². The average molecular weight is 259 g/mol. The predicted molar refractivity (Wildman–Crippen MR) is 76.7 cm³/mol. The highest BCUT2D eigenvalue weighted by Gasteiger charge is 2.29. The Morgan fingerprint density at radius 3 is 2.68 bits per heavy atom. The fourth-order valence-electron chi connectivity index (χ4n) is 3.09. The van der Waals surface area contributed by atoms with Gasteiger partial charge in [0.1, 0.15) is 11.7 Å². The number of rotatable bonds is 3. The first-order chi connectivity index (χ1) is 9.24. The zero-order valence-corrected chi connectivity index (χ0v) is 11.2. The summed E-state index contributed by atoms with van der Waals surface area (Å²) in [6, 6.07) is 4.55. The summed E-state index contributed by atoms with van der Waals surface area (Å²) in [6.45, 7) is 4.67. The lowest BCUT2D eigenvalue weighted by molar-refractivity contribution is 0.260. The number of nitrogen functional groups attached to an aromatic ring is 1. The molecule has 0 spiro atoms. The van der Waals surface area contributed by atoms with Gasteiger partial charge in [-0.05, 0) is 44.5 Å². The quantitative estimate of drug-likeness (QED) is 0.628. The van der Waals surface area contributed by atoms with Crippen LogP contribution in [-0.2, 0) is 0 Å². The number of hydrogen-bond donors (Lipinski definition) is 2. The molecule has 5 heteroatoms. The molecule has 5 nitrogen and oxygen atoms in total. The third-order valence-electron chi connectivity index (χ3n) is 4.20. The van der Waals surface area contributed by atoms with Crippen molar-refractivity contribution in [2.24, 2.45) is 5.73 Å². The number of pyridine rings is 1. The highest BCUT2D eigenvalue weighted by Crippen LogP contribution is 2.24. The van der Waals surface area contributed by atoms with Crippen LogP contribution in [0.15, 0.2) is 18.3 Å². The van der Waals surface area contributed by atoms with E-state index in [9.17, 15) is 0 Å². The van der Waals surface area contributed by atoms with Gasteiger partial charge in [-0.15, -0.1) is 0 Å². The maximum atomic E-state index is 7.38. The molecule has 0 radical (unpaired) electrons. The summed E-state index contributed by atoms with van der Waals surface area (Å²) in [4.78, 5) is 9.38. The summed E-state index contributed by atoms with van der Waals surface area (Å²) in [5.41, 5.74) is 6.14. The lowest BCUT2D eigenvalue weighted by Gasteiger charge is -2.24. The summed E-state index contributed by atoms with van der Waals surface area (Å²) in [5.74, 6) is 1.09. The zero-order valence-electron chi connectivity index (χ0n) is 11.2. The average Bonchev–Trinajstić information content (AvgIpc) is 3.10. The predicted octanol–water partition coefficient (Wildman–Crippen LogP) is 1.04. The molecule has 1 unspecified atom stereocenters. The molecular formula is C14H21N5. The molecular weight excluding hydrogens is 238 g/mol. The number of nitrogens with one attached hydrogen (secondary N) is 1. The molecule has 102 valence electrons. The van der Waals surface area contributed by atoms with Gasteiger partial charge in [0.2, 0.25) is 0 Å². The third kappa shape index (κ3) is 2.56. The van der Waals surface area contributed by atoms with Crippen LogP contribution in [0.5, 0.6) is 0 Å². The summed E-state index contributed by atoms with van der Waals surface area (Å²) in [5, 5.41) is 7.38. The third-order valence-corrected chi connectivity index (χ3v) is 4.20. The summed E-state index contributed by atoms with van der Waals surface area (Å²) < 4.78 is 0. The van der Waals surface area contributed by atoms with Crippen molar-refractivity contribution in [2.45, 2.75) is 25.3 Å². The van der Waals surface area contributed by atoms with Crippen LogP contribution in [0.2, 0.25) is 0 Å². The van der Waals surface area contributed by atoms with E-state index in [1.165, 1.54) is 32.4 Å². The van der Waals surface area contributed by atoms with E-state index < -0.39 is 0 Å². The molecule has 2 aliphatic rings. The van der Waals surface area contributed by atoms with Crippen LogP contribution < -0.4 is 10.6 Å². The van der Waals surface area contributed by atoms with Crippen LogP contribution >= 0.6 is 0 Å². The first kappa shape index (κ1) is 12.4. The van der Waals surface area contributed by atoms with E-state index in [1.54, 1.807) is 6.20 Å². The second kappa shape index (κ2) is 5.17. The van der Waals surface area contributed by atoms with Gasteiger partial charge < -0.3 is 10.6 Å². The minimum atomic E-state index is 0.0791. The largest absolute Gasteiger partial charge is 0.384 e. The second-order valence-electron chi connectivity index (χ2n) is 5.45. The van der Waals surface area contributed by atoms with Gasteiger partial charge in [-0.3, -0.25) is 10.3 Å². The smallest absolute Gasteiger partial charge is 0.128 e. The number of nitrogens with zero attached hydrogens (tertiary/aromatic N) is 3. The molecule has 0 aliphatic carbocycles. The molecule has 2 aliphatic heterocycles. The first-order valence-corrected chi connectivity index (χ1v) is 7.03. The Morgan fingerprint density at radius 1 is 1.26 bits per heavy atom. The van der Waals surface area contributed by atoms with Gasteiger partial charge in [0.05, 0.1) is 0 Å². The molecule has 1 aromatic heterocycles. The Labute approximate surface area is 113 Å². The lowest BCUT2D eigenvalue weighted by atomic mass is 10.2. The molecule has 1 atom stereocenters. The molecule has 3 rings (SSSR count). The Morgan fingerprint density at radius 2 is 2.05 bits per heavy atom. The zero-order chi connectivity index (χ0) is 13.2. The Bertz CT molecular complexity index is 449. The van der Waals surface area contributed by atoms with E-state index in [2.05, 4.69) is 14.8 Å². The van der Waals surface area contributed by atoms with Crippen molar-refractivity contribution in [3.63, 3.8) is 0 Å². The highest BCUT2D eigenvalue weighted by atomic mass is 15.3. The van der Waals surface area contributed by atoms with Crippen molar-refractivity contribution >= 4 is 11.7 Å². The number of likely N-dealkylation sites (tertiary alicyclic amines) is 1. The van der Waals surface area contributed by atoms with Crippen LogP contribution in [-0.4, -0.2) is 47.9 Å². The number of hydrogen-bond acceptors (Lipinski definition) is 4. The maximum absolute atomic E-state index is 7.38. The Hall–Kier alpha value is -1.62. The van der Waals surface area contributed by atoms with E-state index >= 15 is 0 Å². The van der Waals surface area contributed by atoms with Gasteiger partial charge in [-0.25, -0.2) is 4.98 Å². The van der Waals surface area contributed by atoms with Crippen LogP contribution in [0.25, 0.3) is 0 Å². The summed E-state index contributed by atoms with van der Waals surface area (Å²) >= 11 is 0. The first-order valence-electron chi connectivity index (χ1n) is 7.03. The van der Waals surface area contributed by atoms with Gasteiger partial charge in [-0.2, -0.15) is 0 Å². The molecule has 3 N–H and O–H groups in total. The molecule has 3 heterocycles. The molecule has 19 heavy (non-hydrogen) atoms. The number of nitrogens with two attached hydrogens (primary N) is 1. The van der Waals surface area contributed by atoms with Gasteiger partial charge in [0, 0.05) is 30.9 Å². The van der Waals surface area contributed by atoms with Crippen molar-refractivity contribution in [3.8, 4) is 0 Å². The van der Waals surface area contributed by atoms with E-state index in [-0.39, 0.29) is 5.84 Å². The summed E-state index contributed by atoms with van der Waals surface area (Å²) in [6.07, 6.45) is 5.63. The van der Waals surface area contributed by atoms with Crippen LogP contribution in [0.3, 0.4) is 0 Å². The number of amidine groups is 1. The normalized spacial score (nSPS) is 24.0. The number of aromatic nitrogens is 1. The topological polar surface area (TPSA) is 69.2 Å². The standard InChI is InChI=1S/C14H21N5/c15-14(16)11-3-4-13(17-9-11)19-8-5-12(10-19)18-6-1-2-7-18/h3-4,9,12H,1-2,5-8,10H2,(H3,15,16). The van der Waals surface area contributed by atoms with Gasteiger partial charge in [-0.1, -0.05) is 0 Å². The monoisotopic (exact) mass is 259 g/mol. The van der Waals surface area contributed by atoms with Crippen molar-refractivity contribution in [2.75, 3.05) is 31.1 Å². The molecule has 1 aromatic rings. The number of anilines is 1. The van der Waals surface area contributed by atoms with Crippen LogP contribution in [0.4, 0.5) is 5.82 Å². The SMILES string of the molecule is N=C(N)c1ccc(N2CCC(N3CCCC3)C2)nc1. The second-order valence-corrected chi connectivity index (χ2v) is 5.45. The van der Waals surface area contributed by atoms with E-state index in [1.807, 2.05) is 12.1 Å². The van der Waals surface area contributed by atoms with Crippen LogP contribution in [0, 0.1) is 5.41 Å². The minimum Gasteiger partial charge on any atom is -0.384 e. The van der Waals surface area contributed by atoms with E-state index in [4.69, 9.17) is 11.1 Å². The van der Waals surface area contributed by atoms with Crippen molar-refractivity contribution in [3.05, 3.63) is 23.9 Å². The molecule has 0 amide bonds. The highest BCUT2D eigenvalue weighted by molar-refractivity contribution is 5.94. The summed E-state index contributed by atoms with van der Waals surface area (Å²) in [7, 11) is 0. The van der Waals surface area contributed by atoms with Crippen molar-refractivity contribution in [1.29, 1.82) is 5.41 Å². The fraction of sp³-hybridized carbons (Fsp3) is 0.571. The van der Waals surface area contributed by atoms with E-state index in [0.717, 1.165) is 18.9 Å². The molecule has 0 bridgehead atoms. The lowest BCUT2D eigenvalue weighted by Crippen LogP contribution is -2.35. The fourth-order valence-corrected chi connectivity index (χ4v) is 3.09. The molecule has 2 fully saturated rings. The van der Waals surface area contributed by atoms with Gasteiger partial charge in [0.15, 0.2) is 0 Å². The van der Waals surface area contributed by atoms with Gasteiger partial charge in [0.25, 0.3) is 0 Å². The molecule has 0 aromatic carbocycles. The van der Waals surface area contributed by atoms with Gasteiger partial charge >= 0.3 is 0 Å². The molecule has 2 saturated heterocycles. The molecule has 0 saturated carbocycles. The Kier molecular flexibility index (Phi) is 3.38. The van der Waals surface area contributed by atoms with Crippen molar-refractivity contribution in [1.82, 2.24) is 9.88 Å². The Balaban J connectivity index is 1.65. The van der Waals surface area contributed by atoms with Crippen LogP contribution in [0.1, 0.15) is 24.8 Å². The maximum Gasteiger partial charge on any atom is 0.128 e.